The van der Waals surface area contributed by atoms with Gasteiger partial charge in [-0.05, 0) is 25.8 Å². The van der Waals surface area contributed by atoms with Crippen LogP contribution in [0.4, 0.5) is 0 Å². The van der Waals surface area contributed by atoms with Crippen molar-refractivity contribution in [3.05, 3.63) is 0 Å². The van der Waals surface area contributed by atoms with Crippen LogP contribution < -0.4 is 5.32 Å². The summed E-state index contributed by atoms with van der Waals surface area (Å²) < 4.78 is 22.6. The second-order valence-corrected chi connectivity index (χ2v) is 7.57. The molecule has 7 heteroatoms. The standard InChI is InChI=1S/C12H20N2O4S/c15-8-11-3-1-2-5-14(11)7-12(16)13-10-4-6-19(17,18)9-10/h8,10-11H,1-7,9H2,(H,13,16). The van der Waals surface area contributed by atoms with Crippen LogP contribution in [0.15, 0.2) is 0 Å². The minimum absolute atomic E-state index is 0.0375. The SMILES string of the molecule is O=CC1CCCCN1CC(=O)NC1CCS(=O)(=O)C1. The Morgan fingerprint density at radius 3 is 2.74 bits per heavy atom. The molecule has 6 nitrogen and oxygen atoms in total. The summed E-state index contributed by atoms with van der Waals surface area (Å²) in [6.07, 6.45) is 4.20. The van der Waals surface area contributed by atoms with Crippen molar-refractivity contribution in [2.75, 3.05) is 24.6 Å². The topological polar surface area (TPSA) is 83.6 Å². The van der Waals surface area contributed by atoms with Gasteiger partial charge in [0.25, 0.3) is 0 Å². The minimum atomic E-state index is -2.97. The second-order valence-electron chi connectivity index (χ2n) is 5.34. The summed E-state index contributed by atoms with van der Waals surface area (Å²) in [6, 6.07) is -0.441. The number of carbonyl (C=O) groups excluding carboxylic acids is 2. The summed E-state index contributed by atoms with van der Waals surface area (Å²) in [7, 11) is -2.97. The van der Waals surface area contributed by atoms with Crippen LogP contribution in [-0.4, -0.2) is 62.2 Å². The molecule has 2 saturated heterocycles. The fourth-order valence-electron chi connectivity index (χ4n) is 2.73. The zero-order valence-corrected chi connectivity index (χ0v) is 11.7. The third-order valence-electron chi connectivity index (χ3n) is 3.77. The summed E-state index contributed by atoms with van der Waals surface area (Å²) in [5.74, 6) is 0.00456. The Labute approximate surface area is 113 Å². The van der Waals surface area contributed by atoms with Gasteiger partial charge in [0, 0.05) is 6.04 Å². The number of rotatable bonds is 4. The first-order chi connectivity index (χ1) is 9.00. The molecule has 0 aromatic carbocycles. The Morgan fingerprint density at radius 1 is 1.32 bits per heavy atom. The lowest BCUT2D eigenvalue weighted by atomic mass is 10.0. The van der Waals surface area contributed by atoms with Crippen LogP contribution in [0.2, 0.25) is 0 Å². The lowest BCUT2D eigenvalue weighted by molar-refractivity contribution is -0.124. The van der Waals surface area contributed by atoms with Crippen LogP contribution in [0.3, 0.4) is 0 Å². The zero-order chi connectivity index (χ0) is 13.9. The van der Waals surface area contributed by atoms with Gasteiger partial charge in [-0.15, -0.1) is 0 Å². The first kappa shape index (κ1) is 14.5. The van der Waals surface area contributed by atoms with E-state index in [4.69, 9.17) is 0 Å². The average Bonchev–Trinajstić information content (AvgIpc) is 2.69. The van der Waals surface area contributed by atoms with E-state index >= 15 is 0 Å². The Balaban J connectivity index is 1.82. The molecule has 108 valence electrons. The highest BCUT2D eigenvalue weighted by Gasteiger charge is 2.30. The number of sulfone groups is 1. The Morgan fingerprint density at radius 2 is 2.11 bits per heavy atom. The Bertz CT molecular complexity index is 449. The molecule has 0 aromatic rings. The van der Waals surface area contributed by atoms with Gasteiger partial charge in [0.15, 0.2) is 9.84 Å². The van der Waals surface area contributed by atoms with Crippen molar-refractivity contribution in [2.45, 2.75) is 37.8 Å². The van der Waals surface area contributed by atoms with E-state index in [0.29, 0.717) is 6.42 Å². The van der Waals surface area contributed by atoms with Crippen LogP contribution in [0.5, 0.6) is 0 Å². The number of piperidine rings is 1. The van der Waals surface area contributed by atoms with Crippen LogP contribution in [0.25, 0.3) is 0 Å². The maximum atomic E-state index is 11.9. The first-order valence-electron chi connectivity index (χ1n) is 6.69. The molecule has 2 fully saturated rings. The van der Waals surface area contributed by atoms with Crippen molar-refractivity contribution in [1.82, 2.24) is 10.2 Å². The van der Waals surface area contributed by atoms with Crippen LogP contribution >= 0.6 is 0 Å². The first-order valence-corrected chi connectivity index (χ1v) is 8.51. The average molecular weight is 288 g/mol. The van der Waals surface area contributed by atoms with Gasteiger partial charge < -0.3 is 10.1 Å². The normalized spacial score (nSPS) is 30.9. The van der Waals surface area contributed by atoms with Crippen LogP contribution in [-0.2, 0) is 19.4 Å². The van der Waals surface area contributed by atoms with Crippen molar-refractivity contribution in [2.24, 2.45) is 0 Å². The fourth-order valence-corrected chi connectivity index (χ4v) is 4.41. The second kappa shape index (κ2) is 6.00. The van der Waals surface area contributed by atoms with Gasteiger partial charge in [-0.2, -0.15) is 0 Å². The van der Waals surface area contributed by atoms with Crippen molar-refractivity contribution in [1.29, 1.82) is 0 Å². The van der Waals surface area contributed by atoms with Gasteiger partial charge in [0.2, 0.25) is 5.91 Å². The van der Waals surface area contributed by atoms with E-state index in [1.807, 2.05) is 4.90 Å². The molecule has 0 bridgehead atoms. The van der Waals surface area contributed by atoms with Gasteiger partial charge in [-0.1, -0.05) is 6.42 Å². The van der Waals surface area contributed by atoms with Gasteiger partial charge in [-0.25, -0.2) is 8.42 Å². The number of hydrogen-bond acceptors (Lipinski definition) is 5. The van der Waals surface area contributed by atoms with Gasteiger partial charge in [0.05, 0.1) is 24.1 Å². The molecule has 1 amide bonds. The predicted molar refractivity (Wildman–Crippen MR) is 70.5 cm³/mol. The molecule has 2 aliphatic rings. The minimum Gasteiger partial charge on any atom is -0.351 e. The molecule has 0 aromatic heterocycles. The summed E-state index contributed by atoms with van der Waals surface area (Å²) in [5, 5.41) is 2.75. The highest BCUT2D eigenvalue weighted by molar-refractivity contribution is 7.91. The molecule has 2 atom stereocenters. The molecule has 0 spiro atoms. The van der Waals surface area contributed by atoms with E-state index in [-0.39, 0.29) is 36.0 Å². The largest absolute Gasteiger partial charge is 0.351 e. The predicted octanol–water partition coefficient (Wildman–Crippen LogP) is -0.657. The number of aldehydes is 1. The lowest BCUT2D eigenvalue weighted by Gasteiger charge is -2.31. The molecule has 2 aliphatic heterocycles. The van der Waals surface area contributed by atoms with E-state index in [2.05, 4.69) is 5.32 Å². The van der Waals surface area contributed by atoms with Crippen molar-refractivity contribution in [3.8, 4) is 0 Å². The summed E-state index contributed by atoms with van der Waals surface area (Å²) in [4.78, 5) is 24.7. The van der Waals surface area contributed by atoms with E-state index in [1.54, 1.807) is 0 Å². The number of likely N-dealkylation sites (tertiary alicyclic amines) is 1. The van der Waals surface area contributed by atoms with E-state index in [1.165, 1.54) is 0 Å². The monoisotopic (exact) mass is 288 g/mol. The van der Waals surface area contributed by atoms with Crippen molar-refractivity contribution >= 4 is 22.0 Å². The summed E-state index contributed by atoms with van der Waals surface area (Å²) >= 11 is 0. The Hall–Kier alpha value is -0.950. The quantitative estimate of drug-likeness (QED) is 0.695. The van der Waals surface area contributed by atoms with E-state index < -0.39 is 9.84 Å². The highest BCUT2D eigenvalue weighted by atomic mass is 32.2. The molecule has 0 aliphatic carbocycles. The number of nitrogens with one attached hydrogen (secondary N) is 1. The number of amides is 1. The van der Waals surface area contributed by atoms with Crippen LogP contribution in [0, 0.1) is 0 Å². The summed E-state index contributed by atoms with van der Waals surface area (Å²) in [6.45, 7) is 0.930. The van der Waals surface area contributed by atoms with Gasteiger partial charge in [-0.3, -0.25) is 9.69 Å². The molecule has 2 rings (SSSR count). The maximum absolute atomic E-state index is 11.9. The van der Waals surface area contributed by atoms with Crippen molar-refractivity contribution in [3.63, 3.8) is 0 Å². The zero-order valence-electron chi connectivity index (χ0n) is 10.9. The van der Waals surface area contributed by atoms with Gasteiger partial charge in [0.1, 0.15) is 6.29 Å². The molecular formula is C12H20N2O4S. The third-order valence-corrected chi connectivity index (χ3v) is 5.53. The molecular weight excluding hydrogens is 268 g/mol. The third kappa shape index (κ3) is 4.01. The fraction of sp³-hybridized carbons (Fsp3) is 0.833. The molecule has 0 saturated carbocycles. The van der Waals surface area contributed by atoms with Gasteiger partial charge >= 0.3 is 0 Å². The summed E-state index contributed by atoms with van der Waals surface area (Å²) in [5.41, 5.74) is 0. The Kier molecular flexibility index (Phi) is 4.57. The molecule has 2 heterocycles. The maximum Gasteiger partial charge on any atom is 0.234 e. The van der Waals surface area contributed by atoms with E-state index in [9.17, 15) is 18.0 Å². The number of nitrogens with zero attached hydrogens (tertiary/aromatic N) is 1. The molecule has 2 unspecified atom stereocenters. The highest BCUT2D eigenvalue weighted by Crippen LogP contribution is 2.15. The smallest absolute Gasteiger partial charge is 0.234 e. The van der Waals surface area contributed by atoms with Crippen LogP contribution in [0.1, 0.15) is 25.7 Å². The number of hydrogen-bond donors (Lipinski definition) is 1. The van der Waals surface area contributed by atoms with E-state index in [0.717, 1.165) is 32.1 Å². The number of carbonyl (C=O) groups is 2. The molecule has 1 N–H and O–H groups in total. The lowest BCUT2D eigenvalue weighted by Crippen LogP contribution is -2.48. The molecule has 19 heavy (non-hydrogen) atoms. The van der Waals surface area contributed by atoms with Crippen molar-refractivity contribution < 1.29 is 18.0 Å². The molecule has 0 radical (unpaired) electrons.